The largest absolute Gasteiger partial charge is 0.411 e. The van der Waals surface area contributed by atoms with Gasteiger partial charge >= 0.3 is 0 Å². The van der Waals surface area contributed by atoms with Crippen LogP contribution in [0.5, 0.6) is 0 Å². The van der Waals surface area contributed by atoms with Gasteiger partial charge in [0.15, 0.2) is 0 Å². The van der Waals surface area contributed by atoms with Crippen molar-refractivity contribution in [1.82, 2.24) is 9.03 Å². The summed E-state index contributed by atoms with van der Waals surface area (Å²) in [5.41, 5.74) is 0.668. The Hall–Kier alpha value is -0.660. The van der Waals surface area contributed by atoms with E-state index in [1.165, 1.54) is 4.31 Å². The average Bonchev–Trinajstić information content (AvgIpc) is 2.26. The number of hydrogen-bond acceptors (Lipinski definition) is 4. The van der Waals surface area contributed by atoms with E-state index in [-0.39, 0.29) is 5.92 Å². The minimum Gasteiger partial charge on any atom is -0.411 e. The molecule has 0 aromatic heterocycles. The van der Waals surface area contributed by atoms with Crippen LogP contribution in [0.4, 0.5) is 0 Å². The van der Waals surface area contributed by atoms with Gasteiger partial charge in [-0.2, -0.15) is 12.7 Å². The average molecular weight is 249 g/mol. The van der Waals surface area contributed by atoms with Gasteiger partial charge in [-0.3, -0.25) is 0 Å². The Morgan fingerprint density at radius 1 is 1.62 bits per heavy atom. The number of oxime groups is 1. The highest BCUT2D eigenvalue weighted by Crippen LogP contribution is 2.16. The van der Waals surface area contributed by atoms with Crippen LogP contribution in [-0.2, 0) is 10.2 Å². The molecule has 94 valence electrons. The van der Waals surface area contributed by atoms with Gasteiger partial charge in [-0.15, -0.1) is 0 Å². The highest BCUT2D eigenvalue weighted by molar-refractivity contribution is 7.87. The molecule has 0 radical (unpaired) electrons. The molecule has 0 amide bonds. The van der Waals surface area contributed by atoms with Crippen molar-refractivity contribution < 1.29 is 13.6 Å². The summed E-state index contributed by atoms with van der Waals surface area (Å²) in [5.74, 6) is -0.0306. The molecule has 2 N–H and O–H groups in total. The van der Waals surface area contributed by atoms with Crippen LogP contribution in [-0.4, -0.2) is 43.3 Å². The van der Waals surface area contributed by atoms with Crippen LogP contribution in [0, 0.1) is 5.92 Å². The second-order valence-electron chi connectivity index (χ2n) is 4.00. The first-order valence-electron chi connectivity index (χ1n) is 5.46. The van der Waals surface area contributed by atoms with Gasteiger partial charge in [0, 0.05) is 32.0 Å². The molecule has 1 atom stereocenters. The van der Waals surface area contributed by atoms with Crippen molar-refractivity contribution in [3.63, 3.8) is 0 Å². The van der Waals surface area contributed by atoms with Crippen LogP contribution in [0.2, 0.25) is 0 Å². The molecule has 1 aliphatic rings. The first-order valence-corrected chi connectivity index (χ1v) is 6.90. The van der Waals surface area contributed by atoms with E-state index in [2.05, 4.69) is 9.88 Å². The maximum Gasteiger partial charge on any atom is 0.279 e. The molecule has 1 unspecified atom stereocenters. The quantitative estimate of drug-likeness (QED) is 0.559. The molecule has 1 fully saturated rings. The SMILES string of the molecule is CCCNS(=O)(=O)N1CCC(=NO)C(C)C1. The second kappa shape index (κ2) is 5.60. The minimum absolute atomic E-state index is 0.0306. The molecule has 6 nitrogen and oxygen atoms in total. The lowest BCUT2D eigenvalue weighted by Crippen LogP contribution is -2.48. The van der Waals surface area contributed by atoms with Crippen LogP contribution in [0.25, 0.3) is 0 Å². The van der Waals surface area contributed by atoms with E-state index >= 15 is 0 Å². The van der Waals surface area contributed by atoms with Crippen molar-refractivity contribution in [1.29, 1.82) is 0 Å². The number of nitrogens with one attached hydrogen (secondary N) is 1. The zero-order valence-electron chi connectivity index (χ0n) is 9.68. The van der Waals surface area contributed by atoms with Gasteiger partial charge in [0.2, 0.25) is 0 Å². The topological polar surface area (TPSA) is 82.0 Å². The van der Waals surface area contributed by atoms with Crippen LogP contribution >= 0.6 is 0 Å². The van der Waals surface area contributed by atoms with Crippen LogP contribution in [0.1, 0.15) is 26.7 Å². The first-order chi connectivity index (χ1) is 7.51. The summed E-state index contributed by atoms with van der Waals surface area (Å²) < 4.78 is 27.5. The fourth-order valence-corrected chi connectivity index (χ4v) is 3.07. The normalized spacial score (nSPS) is 26.1. The number of hydrogen-bond donors (Lipinski definition) is 2. The maximum absolute atomic E-state index is 11.8. The van der Waals surface area contributed by atoms with E-state index in [9.17, 15) is 8.42 Å². The van der Waals surface area contributed by atoms with Gasteiger partial charge in [-0.05, 0) is 6.42 Å². The molecule has 0 bridgehead atoms. The summed E-state index contributed by atoms with van der Waals surface area (Å²) >= 11 is 0. The Morgan fingerprint density at radius 2 is 2.31 bits per heavy atom. The van der Waals surface area contributed by atoms with E-state index < -0.39 is 10.2 Å². The minimum atomic E-state index is -3.36. The summed E-state index contributed by atoms with van der Waals surface area (Å²) in [4.78, 5) is 0. The maximum atomic E-state index is 11.8. The standard InChI is InChI=1S/C9H19N3O3S/c1-3-5-10-16(14,15)12-6-4-9(11-13)8(2)7-12/h8,10,13H,3-7H2,1-2H3. The third kappa shape index (κ3) is 3.16. The van der Waals surface area contributed by atoms with Crippen molar-refractivity contribution in [2.45, 2.75) is 26.7 Å². The monoisotopic (exact) mass is 249 g/mol. The van der Waals surface area contributed by atoms with Gasteiger partial charge in [-0.1, -0.05) is 19.0 Å². The second-order valence-corrected chi connectivity index (χ2v) is 5.75. The molecule has 0 aromatic rings. The number of rotatable bonds is 4. The van der Waals surface area contributed by atoms with E-state index in [1.807, 2.05) is 13.8 Å². The van der Waals surface area contributed by atoms with Crippen LogP contribution < -0.4 is 4.72 Å². The molecule has 0 saturated carbocycles. The van der Waals surface area contributed by atoms with Crippen molar-refractivity contribution >= 4 is 15.9 Å². The molecule has 1 heterocycles. The smallest absolute Gasteiger partial charge is 0.279 e. The van der Waals surface area contributed by atoms with Gasteiger partial charge < -0.3 is 5.21 Å². The molecular weight excluding hydrogens is 230 g/mol. The molecule has 1 rings (SSSR count). The lowest BCUT2D eigenvalue weighted by molar-refractivity contribution is 0.299. The summed E-state index contributed by atoms with van der Waals surface area (Å²) in [5, 5.41) is 11.9. The third-order valence-corrected chi connectivity index (χ3v) is 4.25. The van der Waals surface area contributed by atoms with E-state index in [1.54, 1.807) is 0 Å². The Labute approximate surface area is 96.5 Å². The predicted molar refractivity (Wildman–Crippen MR) is 61.8 cm³/mol. The zero-order chi connectivity index (χ0) is 12.2. The molecule has 1 saturated heterocycles. The Balaban J connectivity index is 2.64. The highest BCUT2D eigenvalue weighted by Gasteiger charge is 2.29. The molecular formula is C9H19N3O3S. The molecule has 0 aliphatic carbocycles. The molecule has 0 aromatic carbocycles. The van der Waals surface area contributed by atoms with E-state index in [0.29, 0.717) is 31.8 Å². The van der Waals surface area contributed by atoms with Crippen LogP contribution in [0.15, 0.2) is 5.16 Å². The first kappa shape index (κ1) is 13.4. The van der Waals surface area contributed by atoms with Crippen molar-refractivity contribution in [2.75, 3.05) is 19.6 Å². The summed E-state index contributed by atoms with van der Waals surface area (Å²) in [6.45, 7) is 4.98. The van der Waals surface area contributed by atoms with E-state index in [0.717, 1.165) is 6.42 Å². The zero-order valence-corrected chi connectivity index (χ0v) is 10.5. The fraction of sp³-hybridized carbons (Fsp3) is 0.889. The molecule has 0 spiro atoms. The van der Waals surface area contributed by atoms with Gasteiger partial charge in [0.05, 0.1) is 5.71 Å². The highest BCUT2D eigenvalue weighted by atomic mass is 32.2. The Kier molecular flexibility index (Phi) is 4.69. The summed E-state index contributed by atoms with van der Waals surface area (Å²) in [6.07, 6.45) is 1.26. The van der Waals surface area contributed by atoms with Gasteiger partial charge in [0.25, 0.3) is 10.2 Å². The predicted octanol–water partition coefficient (Wildman–Crippen LogP) is 0.403. The van der Waals surface area contributed by atoms with Crippen molar-refractivity contribution in [2.24, 2.45) is 11.1 Å². The van der Waals surface area contributed by atoms with Crippen LogP contribution in [0.3, 0.4) is 0 Å². The summed E-state index contributed by atoms with van der Waals surface area (Å²) in [7, 11) is -3.36. The summed E-state index contributed by atoms with van der Waals surface area (Å²) in [6, 6.07) is 0. The number of piperidine rings is 1. The number of nitrogens with zero attached hydrogens (tertiary/aromatic N) is 2. The lowest BCUT2D eigenvalue weighted by Gasteiger charge is -2.30. The fourth-order valence-electron chi connectivity index (χ4n) is 1.68. The Bertz CT molecular complexity index is 353. The van der Waals surface area contributed by atoms with Gasteiger partial charge in [0.1, 0.15) is 0 Å². The lowest BCUT2D eigenvalue weighted by atomic mass is 10.00. The molecule has 7 heteroatoms. The molecule has 1 aliphatic heterocycles. The molecule has 16 heavy (non-hydrogen) atoms. The van der Waals surface area contributed by atoms with Crippen molar-refractivity contribution in [3.8, 4) is 0 Å². The third-order valence-electron chi connectivity index (χ3n) is 2.67. The Morgan fingerprint density at radius 3 is 2.81 bits per heavy atom. The van der Waals surface area contributed by atoms with Gasteiger partial charge in [-0.25, -0.2) is 4.72 Å². The van der Waals surface area contributed by atoms with E-state index in [4.69, 9.17) is 5.21 Å². The van der Waals surface area contributed by atoms with Crippen molar-refractivity contribution in [3.05, 3.63) is 0 Å².